The van der Waals surface area contributed by atoms with Crippen LogP contribution in [0.15, 0.2) is 30.3 Å². The largest absolute Gasteiger partial charge is 0.480 e. The number of hydrogen-bond donors (Lipinski definition) is 7. The topological polar surface area (TPSA) is 237 Å². The second kappa shape index (κ2) is 14.4. The van der Waals surface area contributed by atoms with E-state index in [1.807, 2.05) is 0 Å². The van der Waals surface area contributed by atoms with Crippen molar-refractivity contribution in [3.63, 3.8) is 0 Å². The number of aliphatic carboxylic acids is 1. The summed E-state index contributed by atoms with van der Waals surface area (Å²) in [4.78, 5) is 72.4. The molecule has 0 aromatic heterocycles. The van der Waals surface area contributed by atoms with Crippen LogP contribution in [-0.4, -0.2) is 64.8 Å². The van der Waals surface area contributed by atoms with Crippen LogP contribution >= 0.6 is 0 Å². The standard InChI is InChI=1S/C23H34N6O7/c1-12(2)19(26)22(34)28-15(10-13-6-4-3-5-7-13)21(33)27-14(8-9-17(24)30)20(32)29-16(23(35)36)11-18(25)31/h3-7,12,14-16,19H,8-11,26H2,1-2H3,(H2,24,30)(H2,25,31)(H,27,33)(H,28,34)(H,29,32)(H,35,36). The number of carboxylic acids is 1. The first kappa shape index (κ1) is 30.0. The minimum atomic E-state index is -1.65. The number of rotatable bonds is 15. The summed E-state index contributed by atoms with van der Waals surface area (Å²) in [6, 6.07) is 3.69. The molecule has 0 aliphatic carbocycles. The highest BCUT2D eigenvalue weighted by molar-refractivity contribution is 5.95. The van der Waals surface area contributed by atoms with E-state index in [1.54, 1.807) is 44.2 Å². The number of carboxylic acid groups (broad SMARTS) is 1. The summed E-state index contributed by atoms with van der Waals surface area (Å²) in [5.41, 5.74) is 16.8. The Morgan fingerprint density at radius 1 is 0.806 bits per heavy atom. The third kappa shape index (κ3) is 10.5. The molecule has 0 aliphatic heterocycles. The van der Waals surface area contributed by atoms with Gasteiger partial charge in [0.15, 0.2) is 0 Å². The van der Waals surface area contributed by atoms with Gasteiger partial charge in [-0.2, -0.15) is 0 Å². The minimum absolute atomic E-state index is 0.0623. The quantitative estimate of drug-likeness (QED) is 0.139. The summed E-state index contributed by atoms with van der Waals surface area (Å²) in [5, 5.41) is 16.4. The molecule has 13 heteroatoms. The third-order valence-corrected chi connectivity index (χ3v) is 5.27. The molecule has 198 valence electrons. The number of carbonyl (C=O) groups excluding carboxylic acids is 5. The van der Waals surface area contributed by atoms with Crippen molar-refractivity contribution in [2.45, 2.75) is 63.7 Å². The molecule has 5 amide bonds. The summed E-state index contributed by atoms with van der Waals surface area (Å²) in [6.45, 7) is 3.48. The maximum atomic E-state index is 13.2. The maximum absolute atomic E-state index is 13.2. The Hall–Kier alpha value is -4.00. The molecule has 1 rings (SSSR count). The SMILES string of the molecule is CC(C)C(N)C(=O)NC(Cc1ccccc1)C(=O)NC(CCC(N)=O)C(=O)NC(CC(N)=O)C(=O)O. The van der Waals surface area contributed by atoms with Crippen molar-refractivity contribution in [2.75, 3.05) is 0 Å². The lowest BCUT2D eigenvalue weighted by Gasteiger charge is -2.25. The number of amides is 5. The second-order valence-corrected chi connectivity index (χ2v) is 8.66. The molecule has 0 radical (unpaired) electrons. The van der Waals surface area contributed by atoms with Crippen molar-refractivity contribution >= 4 is 35.5 Å². The molecule has 1 aromatic carbocycles. The zero-order valence-electron chi connectivity index (χ0n) is 20.2. The third-order valence-electron chi connectivity index (χ3n) is 5.27. The monoisotopic (exact) mass is 506 g/mol. The van der Waals surface area contributed by atoms with Crippen LogP contribution < -0.4 is 33.2 Å². The summed E-state index contributed by atoms with van der Waals surface area (Å²) in [5.74, 6) is -5.77. The first-order valence-electron chi connectivity index (χ1n) is 11.3. The lowest BCUT2D eigenvalue weighted by molar-refractivity contribution is -0.144. The number of primary amides is 2. The second-order valence-electron chi connectivity index (χ2n) is 8.66. The lowest BCUT2D eigenvalue weighted by Crippen LogP contribution is -2.58. The molecule has 13 nitrogen and oxygen atoms in total. The van der Waals surface area contributed by atoms with E-state index < -0.39 is 66.1 Å². The van der Waals surface area contributed by atoms with E-state index >= 15 is 0 Å². The highest BCUT2D eigenvalue weighted by Gasteiger charge is 2.31. The zero-order valence-corrected chi connectivity index (χ0v) is 20.2. The Bertz CT molecular complexity index is 954. The van der Waals surface area contributed by atoms with Gasteiger partial charge in [-0.15, -0.1) is 0 Å². The molecule has 0 saturated heterocycles. The van der Waals surface area contributed by atoms with Crippen LogP contribution in [0.5, 0.6) is 0 Å². The molecular weight excluding hydrogens is 472 g/mol. The van der Waals surface area contributed by atoms with E-state index in [9.17, 15) is 33.9 Å². The molecule has 0 bridgehead atoms. The van der Waals surface area contributed by atoms with Crippen molar-refractivity contribution < 1.29 is 33.9 Å². The van der Waals surface area contributed by atoms with Gasteiger partial charge in [0.1, 0.15) is 18.1 Å². The highest BCUT2D eigenvalue weighted by Crippen LogP contribution is 2.07. The van der Waals surface area contributed by atoms with Gasteiger partial charge in [0.05, 0.1) is 12.5 Å². The first-order valence-corrected chi connectivity index (χ1v) is 11.3. The van der Waals surface area contributed by atoms with E-state index in [0.717, 1.165) is 0 Å². The molecule has 0 fully saturated rings. The molecule has 0 heterocycles. The average molecular weight is 507 g/mol. The normalized spacial score (nSPS) is 14.1. The molecule has 1 aromatic rings. The Morgan fingerprint density at radius 3 is 1.83 bits per heavy atom. The van der Waals surface area contributed by atoms with E-state index in [0.29, 0.717) is 5.56 Å². The number of nitrogens with two attached hydrogens (primary N) is 3. The van der Waals surface area contributed by atoms with Gasteiger partial charge in [-0.25, -0.2) is 4.79 Å². The van der Waals surface area contributed by atoms with Crippen molar-refractivity contribution in [1.29, 1.82) is 0 Å². The van der Waals surface area contributed by atoms with Gasteiger partial charge in [-0.05, 0) is 17.9 Å². The fourth-order valence-electron chi connectivity index (χ4n) is 3.13. The summed E-state index contributed by atoms with van der Waals surface area (Å²) in [6.07, 6.45) is -1.18. The smallest absolute Gasteiger partial charge is 0.326 e. The predicted molar refractivity (Wildman–Crippen MR) is 129 cm³/mol. The highest BCUT2D eigenvalue weighted by atomic mass is 16.4. The Morgan fingerprint density at radius 2 is 1.33 bits per heavy atom. The van der Waals surface area contributed by atoms with E-state index in [4.69, 9.17) is 17.2 Å². The Labute approximate surface area is 208 Å². The average Bonchev–Trinajstić information content (AvgIpc) is 2.80. The molecule has 4 unspecified atom stereocenters. The number of carbonyl (C=O) groups is 6. The maximum Gasteiger partial charge on any atom is 0.326 e. The number of nitrogens with one attached hydrogen (secondary N) is 3. The van der Waals surface area contributed by atoms with Gasteiger partial charge in [0.2, 0.25) is 29.5 Å². The Balaban J connectivity index is 3.14. The van der Waals surface area contributed by atoms with Crippen molar-refractivity contribution in [3.8, 4) is 0 Å². The number of benzene rings is 1. The van der Waals surface area contributed by atoms with Gasteiger partial charge >= 0.3 is 5.97 Å². The van der Waals surface area contributed by atoms with E-state index in [2.05, 4.69) is 16.0 Å². The Kier molecular flexibility index (Phi) is 12.0. The first-order chi connectivity index (χ1) is 16.8. The van der Waals surface area contributed by atoms with Crippen molar-refractivity contribution in [2.24, 2.45) is 23.1 Å². The van der Waals surface area contributed by atoms with Crippen molar-refractivity contribution in [1.82, 2.24) is 16.0 Å². The summed E-state index contributed by atoms with van der Waals surface area (Å²) < 4.78 is 0. The van der Waals surface area contributed by atoms with Crippen LogP contribution in [0.3, 0.4) is 0 Å². The number of hydrogen-bond acceptors (Lipinski definition) is 7. The lowest BCUT2D eigenvalue weighted by atomic mass is 10.0. The van der Waals surface area contributed by atoms with Gasteiger partial charge in [0.25, 0.3) is 0 Å². The van der Waals surface area contributed by atoms with Crippen LogP contribution in [0.25, 0.3) is 0 Å². The molecule has 0 spiro atoms. The molecule has 4 atom stereocenters. The van der Waals surface area contributed by atoms with E-state index in [1.165, 1.54) is 0 Å². The van der Waals surface area contributed by atoms with Gasteiger partial charge < -0.3 is 38.3 Å². The summed E-state index contributed by atoms with van der Waals surface area (Å²) in [7, 11) is 0. The minimum Gasteiger partial charge on any atom is -0.480 e. The molecule has 0 saturated carbocycles. The predicted octanol–water partition coefficient (Wildman–Crippen LogP) is -2.11. The van der Waals surface area contributed by atoms with Crippen LogP contribution in [0, 0.1) is 5.92 Å². The van der Waals surface area contributed by atoms with Crippen LogP contribution in [0.1, 0.15) is 38.7 Å². The fourth-order valence-corrected chi connectivity index (χ4v) is 3.13. The molecule has 0 aliphatic rings. The summed E-state index contributed by atoms with van der Waals surface area (Å²) >= 11 is 0. The fraction of sp³-hybridized carbons (Fsp3) is 0.478. The van der Waals surface area contributed by atoms with Crippen LogP contribution in [0.2, 0.25) is 0 Å². The van der Waals surface area contributed by atoms with Crippen molar-refractivity contribution in [3.05, 3.63) is 35.9 Å². The van der Waals surface area contributed by atoms with Crippen LogP contribution in [-0.2, 0) is 35.2 Å². The van der Waals surface area contributed by atoms with Gasteiger partial charge in [0, 0.05) is 12.8 Å². The van der Waals surface area contributed by atoms with E-state index in [-0.39, 0.29) is 25.2 Å². The molecule has 36 heavy (non-hydrogen) atoms. The van der Waals surface area contributed by atoms with Gasteiger partial charge in [-0.3, -0.25) is 24.0 Å². The molecular formula is C23H34N6O7. The zero-order chi connectivity index (χ0) is 27.4. The van der Waals surface area contributed by atoms with Gasteiger partial charge in [-0.1, -0.05) is 44.2 Å². The molecule has 10 N–H and O–H groups in total. The van der Waals surface area contributed by atoms with Crippen LogP contribution in [0.4, 0.5) is 0 Å².